The Labute approximate surface area is 152 Å². The molecule has 1 heterocycles. The summed E-state index contributed by atoms with van der Waals surface area (Å²) in [4.78, 5) is 0. The van der Waals surface area contributed by atoms with Gasteiger partial charge in [-0.1, -0.05) is 20.8 Å². The van der Waals surface area contributed by atoms with Gasteiger partial charge < -0.3 is 23.7 Å². The lowest BCUT2D eigenvalue weighted by Crippen LogP contribution is -2.54. The maximum absolute atomic E-state index is 10.5. The van der Waals surface area contributed by atoms with Crippen LogP contribution in [0.15, 0.2) is 24.3 Å². The van der Waals surface area contributed by atoms with Crippen molar-refractivity contribution in [2.45, 2.75) is 76.8 Å². The summed E-state index contributed by atoms with van der Waals surface area (Å²) in [5, 5.41) is 10.5. The Bertz CT molecular complexity index is 509. The molecule has 6 heteroatoms. The van der Waals surface area contributed by atoms with Crippen LogP contribution in [0.3, 0.4) is 0 Å². The molecule has 1 aromatic rings. The van der Waals surface area contributed by atoms with E-state index in [1.54, 1.807) is 7.11 Å². The van der Waals surface area contributed by atoms with Crippen LogP contribution >= 0.6 is 0 Å². The average Bonchev–Trinajstić information content (AvgIpc) is 2.64. The molecule has 0 aliphatic carbocycles. The molecule has 4 atom stereocenters. The van der Waals surface area contributed by atoms with Gasteiger partial charge in [-0.25, -0.2) is 0 Å². The summed E-state index contributed by atoms with van der Waals surface area (Å²) in [5.41, 5.74) is 0. The van der Waals surface area contributed by atoms with E-state index in [9.17, 15) is 5.11 Å². The van der Waals surface area contributed by atoms with Crippen LogP contribution in [-0.2, 0) is 9.16 Å². The monoisotopic (exact) mass is 368 g/mol. The Morgan fingerprint density at radius 3 is 2.16 bits per heavy atom. The molecule has 0 saturated carbocycles. The first kappa shape index (κ1) is 20.2. The molecule has 0 spiro atoms. The fourth-order valence-electron chi connectivity index (χ4n) is 3.33. The molecule has 1 N–H and O–H groups in total. The van der Waals surface area contributed by atoms with Crippen molar-refractivity contribution in [3.63, 3.8) is 0 Å². The molecule has 2 rings (SSSR count). The summed E-state index contributed by atoms with van der Waals surface area (Å²) in [6.45, 7) is 8.46. The van der Waals surface area contributed by atoms with Gasteiger partial charge in [-0.3, -0.25) is 0 Å². The van der Waals surface area contributed by atoms with E-state index in [4.69, 9.17) is 18.6 Å². The highest BCUT2D eigenvalue weighted by atomic mass is 28.4. The first-order chi connectivity index (χ1) is 12.0. The summed E-state index contributed by atoms with van der Waals surface area (Å²) < 4.78 is 23.5. The normalized spacial score (nSPS) is 27.1. The Kier molecular flexibility index (Phi) is 7.31. The Balaban J connectivity index is 2.06. The Morgan fingerprint density at radius 2 is 1.64 bits per heavy atom. The molecule has 0 radical (unpaired) electrons. The number of ether oxygens (including phenoxy) is 3. The van der Waals surface area contributed by atoms with E-state index in [2.05, 4.69) is 20.8 Å². The second kappa shape index (κ2) is 9.03. The van der Waals surface area contributed by atoms with E-state index in [1.807, 2.05) is 31.2 Å². The molecular formula is C19H32O5Si. The molecule has 0 unspecified atom stereocenters. The lowest BCUT2D eigenvalue weighted by molar-refractivity contribution is -0.213. The second-order valence-electron chi connectivity index (χ2n) is 6.69. The van der Waals surface area contributed by atoms with Crippen molar-refractivity contribution in [1.82, 2.24) is 0 Å². The maximum atomic E-state index is 10.5. The van der Waals surface area contributed by atoms with Gasteiger partial charge in [0.15, 0.2) is 8.32 Å². The molecule has 1 aliphatic heterocycles. The Morgan fingerprint density at radius 1 is 1.08 bits per heavy atom. The van der Waals surface area contributed by atoms with E-state index < -0.39 is 20.7 Å². The quantitative estimate of drug-likeness (QED) is 0.704. The minimum atomic E-state index is -1.80. The van der Waals surface area contributed by atoms with Gasteiger partial charge in [0.25, 0.3) is 0 Å². The van der Waals surface area contributed by atoms with Crippen molar-refractivity contribution < 1.29 is 23.7 Å². The molecule has 1 aliphatic rings. The highest BCUT2D eigenvalue weighted by Crippen LogP contribution is 2.31. The van der Waals surface area contributed by atoms with Crippen LogP contribution in [0.2, 0.25) is 18.1 Å². The number of hydrogen-bond acceptors (Lipinski definition) is 5. The van der Waals surface area contributed by atoms with Crippen molar-refractivity contribution in [3.8, 4) is 11.5 Å². The van der Waals surface area contributed by atoms with Crippen LogP contribution in [0.4, 0.5) is 0 Å². The molecule has 142 valence electrons. The molecular weight excluding hydrogens is 336 g/mol. The lowest BCUT2D eigenvalue weighted by atomic mass is 10.0. The highest BCUT2D eigenvalue weighted by Gasteiger charge is 2.41. The summed E-state index contributed by atoms with van der Waals surface area (Å²) >= 11 is 0. The van der Waals surface area contributed by atoms with Gasteiger partial charge >= 0.3 is 0 Å². The van der Waals surface area contributed by atoms with Gasteiger partial charge in [0.05, 0.1) is 19.3 Å². The van der Waals surface area contributed by atoms with Gasteiger partial charge in [0.2, 0.25) is 6.29 Å². The van der Waals surface area contributed by atoms with E-state index >= 15 is 0 Å². The smallest absolute Gasteiger partial charge is 0.202 e. The summed E-state index contributed by atoms with van der Waals surface area (Å²) in [7, 11) is -0.163. The summed E-state index contributed by atoms with van der Waals surface area (Å²) in [6.07, 6.45) is -1.06. The maximum Gasteiger partial charge on any atom is 0.202 e. The van der Waals surface area contributed by atoms with E-state index in [1.165, 1.54) is 0 Å². The first-order valence-corrected chi connectivity index (χ1v) is 11.8. The average molecular weight is 369 g/mol. The molecule has 25 heavy (non-hydrogen) atoms. The lowest BCUT2D eigenvalue weighted by Gasteiger charge is -2.42. The SMILES string of the molecule is CC[Si](CC)(CC)O[C@@H]1C[C@H](Oc2ccc(OC)cc2)O[C@H](C)[C@H]1O. The number of aliphatic hydroxyl groups is 1. The third kappa shape index (κ3) is 4.97. The van der Waals surface area contributed by atoms with Crippen LogP contribution < -0.4 is 9.47 Å². The highest BCUT2D eigenvalue weighted by molar-refractivity contribution is 6.73. The van der Waals surface area contributed by atoms with Crippen LogP contribution in [0.5, 0.6) is 11.5 Å². The molecule has 5 nitrogen and oxygen atoms in total. The van der Waals surface area contributed by atoms with Crippen molar-refractivity contribution >= 4 is 8.32 Å². The van der Waals surface area contributed by atoms with Gasteiger partial charge in [0.1, 0.15) is 17.6 Å². The predicted molar refractivity (Wildman–Crippen MR) is 101 cm³/mol. The summed E-state index contributed by atoms with van der Waals surface area (Å²) in [6, 6.07) is 10.6. The van der Waals surface area contributed by atoms with Crippen molar-refractivity contribution in [1.29, 1.82) is 0 Å². The van der Waals surface area contributed by atoms with Crippen LogP contribution in [0, 0.1) is 0 Å². The number of aliphatic hydroxyl groups excluding tert-OH is 1. The van der Waals surface area contributed by atoms with Gasteiger partial charge in [-0.2, -0.15) is 0 Å². The van der Waals surface area contributed by atoms with Gasteiger partial charge in [-0.05, 0) is 49.3 Å². The van der Waals surface area contributed by atoms with Crippen LogP contribution in [-0.4, -0.2) is 45.1 Å². The molecule has 1 saturated heterocycles. The fourth-order valence-corrected chi connectivity index (χ4v) is 6.21. The van der Waals surface area contributed by atoms with E-state index in [-0.39, 0.29) is 12.2 Å². The number of hydrogen-bond donors (Lipinski definition) is 1. The standard InChI is InChI=1S/C19H32O5Si/c1-6-25(7-2,8-3)24-17-13-18(22-14(4)19(17)20)23-16-11-9-15(21-5)10-12-16/h9-12,14,17-20H,6-8,13H2,1-5H3/t14-,17-,18+,19-/m1/s1. The molecule has 0 bridgehead atoms. The van der Waals surface area contributed by atoms with Crippen LogP contribution in [0.1, 0.15) is 34.1 Å². The van der Waals surface area contributed by atoms with Crippen molar-refractivity contribution in [2.75, 3.05) is 7.11 Å². The Hall–Kier alpha value is -1.08. The van der Waals surface area contributed by atoms with Gasteiger partial charge in [-0.15, -0.1) is 0 Å². The number of rotatable bonds is 8. The first-order valence-electron chi connectivity index (χ1n) is 9.29. The zero-order valence-corrected chi connectivity index (χ0v) is 17.0. The molecule has 1 fully saturated rings. The van der Waals surface area contributed by atoms with Crippen molar-refractivity contribution in [3.05, 3.63) is 24.3 Å². The molecule has 0 aromatic heterocycles. The minimum absolute atomic E-state index is 0.237. The number of methoxy groups -OCH3 is 1. The largest absolute Gasteiger partial charge is 0.497 e. The number of benzene rings is 1. The molecule has 1 aromatic carbocycles. The van der Waals surface area contributed by atoms with Gasteiger partial charge in [0, 0.05) is 6.42 Å². The topological polar surface area (TPSA) is 57.2 Å². The predicted octanol–water partition coefficient (Wildman–Crippen LogP) is 3.96. The zero-order valence-electron chi connectivity index (χ0n) is 16.0. The summed E-state index contributed by atoms with van der Waals surface area (Å²) in [5.74, 6) is 1.50. The second-order valence-corrected chi connectivity index (χ2v) is 11.4. The fraction of sp³-hybridized carbons (Fsp3) is 0.684. The van der Waals surface area contributed by atoms with Crippen molar-refractivity contribution in [2.24, 2.45) is 0 Å². The zero-order chi connectivity index (χ0) is 18.4. The third-order valence-electron chi connectivity index (χ3n) is 5.31. The van der Waals surface area contributed by atoms with E-state index in [0.29, 0.717) is 6.42 Å². The minimum Gasteiger partial charge on any atom is -0.497 e. The molecule has 0 amide bonds. The third-order valence-corrected chi connectivity index (χ3v) is 9.98. The van der Waals surface area contributed by atoms with Crippen LogP contribution in [0.25, 0.3) is 0 Å². The van der Waals surface area contributed by atoms with E-state index in [0.717, 1.165) is 29.6 Å².